The standard InChI is InChI=1S/C18H20N2O/c1-2-17(15-6-4-3-5-7-15)20-13-18(21)16-10-8-14(12-19)9-11-16/h3-11,17-18,20-21H,2,13H2,1H3. The number of aliphatic hydroxyl groups is 1. The lowest BCUT2D eigenvalue weighted by Crippen LogP contribution is -2.26. The van der Waals surface area contributed by atoms with Gasteiger partial charge in [-0.3, -0.25) is 0 Å². The van der Waals surface area contributed by atoms with Gasteiger partial charge in [0.15, 0.2) is 0 Å². The monoisotopic (exact) mass is 280 g/mol. The van der Waals surface area contributed by atoms with Crippen LogP contribution in [0, 0.1) is 11.3 Å². The zero-order valence-corrected chi connectivity index (χ0v) is 12.2. The molecule has 3 nitrogen and oxygen atoms in total. The van der Waals surface area contributed by atoms with Crippen molar-refractivity contribution in [3.8, 4) is 6.07 Å². The van der Waals surface area contributed by atoms with Crippen LogP contribution in [0.1, 0.15) is 42.2 Å². The van der Waals surface area contributed by atoms with E-state index in [0.29, 0.717) is 12.1 Å². The Kier molecular flexibility index (Phi) is 5.51. The van der Waals surface area contributed by atoms with Crippen LogP contribution in [0.25, 0.3) is 0 Å². The second-order valence-corrected chi connectivity index (χ2v) is 5.03. The number of rotatable bonds is 6. The average molecular weight is 280 g/mol. The molecule has 3 heteroatoms. The molecule has 0 amide bonds. The van der Waals surface area contributed by atoms with Crippen LogP contribution < -0.4 is 5.32 Å². The summed E-state index contributed by atoms with van der Waals surface area (Å²) >= 11 is 0. The van der Waals surface area contributed by atoms with E-state index < -0.39 is 6.10 Å². The zero-order chi connectivity index (χ0) is 15.1. The molecule has 0 bridgehead atoms. The molecule has 21 heavy (non-hydrogen) atoms. The fourth-order valence-electron chi connectivity index (χ4n) is 2.33. The van der Waals surface area contributed by atoms with Crippen LogP contribution in [-0.2, 0) is 0 Å². The largest absolute Gasteiger partial charge is 0.387 e. The van der Waals surface area contributed by atoms with Gasteiger partial charge in [-0.05, 0) is 29.7 Å². The Hall–Kier alpha value is -2.15. The molecular weight excluding hydrogens is 260 g/mol. The van der Waals surface area contributed by atoms with Gasteiger partial charge in [-0.1, -0.05) is 49.4 Å². The first-order valence-corrected chi connectivity index (χ1v) is 7.21. The van der Waals surface area contributed by atoms with Crippen LogP contribution in [0.15, 0.2) is 54.6 Å². The van der Waals surface area contributed by atoms with Gasteiger partial charge in [0.05, 0.1) is 17.7 Å². The molecule has 0 heterocycles. The predicted octanol–water partition coefficient (Wildman–Crippen LogP) is 3.33. The number of benzene rings is 2. The van der Waals surface area contributed by atoms with Crippen molar-refractivity contribution in [1.82, 2.24) is 5.32 Å². The molecule has 2 unspecified atom stereocenters. The Bertz CT molecular complexity index is 587. The summed E-state index contributed by atoms with van der Waals surface area (Å²) < 4.78 is 0. The van der Waals surface area contributed by atoms with Gasteiger partial charge in [0.25, 0.3) is 0 Å². The Balaban J connectivity index is 1.96. The maximum Gasteiger partial charge on any atom is 0.0991 e. The van der Waals surface area contributed by atoms with E-state index in [0.717, 1.165) is 12.0 Å². The summed E-state index contributed by atoms with van der Waals surface area (Å²) in [6, 6.07) is 19.6. The van der Waals surface area contributed by atoms with Crippen LogP contribution in [-0.4, -0.2) is 11.7 Å². The van der Waals surface area contributed by atoms with Crippen molar-refractivity contribution in [2.24, 2.45) is 0 Å². The van der Waals surface area contributed by atoms with Gasteiger partial charge in [0.1, 0.15) is 0 Å². The highest BCUT2D eigenvalue weighted by atomic mass is 16.3. The number of aliphatic hydroxyl groups excluding tert-OH is 1. The molecule has 2 atom stereocenters. The van der Waals surface area contributed by atoms with Crippen molar-refractivity contribution in [2.75, 3.05) is 6.54 Å². The van der Waals surface area contributed by atoms with E-state index in [-0.39, 0.29) is 6.04 Å². The minimum absolute atomic E-state index is 0.235. The van der Waals surface area contributed by atoms with Gasteiger partial charge in [0.2, 0.25) is 0 Å². The number of nitriles is 1. The smallest absolute Gasteiger partial charge is 0.0991 e. The van der Waals surface area contributed by atoms with Gasteiger partial charge < -0.3 is 10.4 Å². The van der Waals surface area contributed by atoms with E-state index in [1.54, 1.807) is 24.3 Å². The van der Waals surface area contributed by atoms with E-state index in [1.807, 2.05) is 18.2 Å². The summed E-state index contributed by atoms with van der Waals surface area (Å²) in [5, 5.41) is 22.4. The highest BCUT2D eigenvalue weighted by molar-refractivity contribution is 5.32. The van der Waals surface area contributed by atoms with E-state index >= 15 is 0 Å². The summed E-state index contributed by atoms with van der Waals surface area (Å²) in [6.07, 6.45) is 0.389. The molecular formula is C18H20N2O. The van der Waals surface area contributed by atoms with Gasteiger partial charge in [-0.2, -0.15) is 5.26 Å². The van der Waals surface area contributed by atoms with Crippen molar-refractivity contribution < 1.29 is 5.11 Å². The number of nitrogens with one attached hydrogen (secondary N) is 1. The molecule has 0 aliphatic heterocycles. The van der Waals surface area contributed by atoms with Crippen molar-refractivity contribution in [3.63, 3.8) is 0 Å². The van der Waals surface area contributed by atoms with E-state index in [9.17, 15) is 5.11 Å². The maximum absolute atomic E-state index is 10.2. The molecule has 0 aliphatic rings. The number of nitrogens with zero attached hydrogens (tertiary/aromatic N) is 1. The molecule has 2 N–H and O–H groups in total. The lowest BCUT2D eigenvalue weighted by molar-refractivity contribution is 0.169. The van der Waals surface area contributed by atoms with Crippen LogP contribution in [0.5, 0.6) is 0 Å². The highest BCUT2D eigenvalue weighted by Gasteiger charge is 2.12. The molecule has 0 saturated heterocycles. The summed E-state index contributed by atoms with van der Waals surface area (Å²) in [5.74, 6) is 0. The third kappa shape index (κ3) is 4.16. The Morgan fingerprint density at radius 2 is 1.71 bits per heavy atom. The predicted molar refractivity (Wildman–Crippen MR) is 83.6 cm³/mol. The minimum Gasteiger partial charge on any atom is -0.387 e. The summed E-state index contributed by atoms with van der Waals surface area (Å²) in [5.41, 5.74) is 2.66. The van der Waals surface area contributed by atoms with Gasteiger partial charge in [-0.25, -0.2) is 0 Å². The maximum atomic E-state index is 10.2. The normalized spacial score (nSPS) is 13.4. The minimum atomic E-state index is -0.574. The van der Waals surface area contributed by atoms with E-state index in [4.69, 9.17) is 5.26 Å². The fourth-order valence-corrected chi connectivity index (χ4v) is 2.33. The number of hydrogen-bond donors (Lipinski definition) is 2. The Morgan fingerprint density at radius 3 is 2.29 bits per heavy atom. The lowest BCUT2D eigenvalue weighted by Gasteiger charge is -2.20. The van der Waals surface area contributed by atoms with Crippen molar-refractivity contribution >= 4 is 0 Å². The first-order chi connectivity index (χ1) is 10.2. The molecule has 2 rings (SSSR count). The summed E-state index contributed by atoms with van der Waals surface area (Å²) in [6.45, 7) is 2.61. The molecule has 0 spiro atoms. The Labute approximate surface area is 125 Å². The fraction of sp³-hybridized carbons (Fsp3) is 0.278. The molecule has 2 aromatic carbocycles. The van der Waals surface area contributed by atoms with Crippen molar-refractivity contribution in [2.45, 2.75) is 25.5 Å². The summed E-state index contributed by atoms with van der Waals surface area (Å²) in [4.78, 5) is 0. The first-order valence-electron chi connectivity index (χ1n) is 7.21. The van der Waals surface area contributed by atoms with Gasteiger partial charge >= 0.3 is 0 Å². The molecule has 108 valence electrons. The lowest BCUT2D eigenvalue weighted by atomic mass is 10.0. The third-order valence-electron chi connectivity index (χ3n) is 3.59. The van der Waals surface area contributed by atoms with Crippen molar-refractivity contribution in [1.29, 1.82) is 5.26 Å². The van der Waals surface area contributed by atoms with Crippen LogP contribution in [0.2, 0.25) is 0 Å². The second-order valence-electron chi connectivity index (χ2n) is 5.03. The van der Waals surface area contributed by atoms with Crippen molar-refractivity contribution in [3.05, 3.63) is 71.3 Å². The van der Waals surface area contributed by atoms with Crippen LogP contribution >= 0.6 is 0 Å². The molecule has 2 aromatic rings. The summed E-state index contributed by atoms with van der Waals surface area (Å²) in [7, 11) is 0. The molecule has 0 aromatic heterocycles. The highest BCUT2D eigenvalue weighted by Crippen LogP contribution is 2.18. The Morgan fingerprint density at radius 1 is 1.05 bits per heavy atom. The van der Waals surface area contributed by atoms with Crippen LogP contribution in [0.3, 0.4) is 0 Å². The van der Waals surface area contributed by atoms with Crippen LogP contribution in [0.4, 0.5) is 0 Å². The molecule has 0 aliphatic carbocycles. The molecule has 0 radical (unpaired) electrons. The zero-order valence-electron chi connectivity index (χ0n) is 12.2. The quantitative estimate of drug-likeness (QED) is 0.853. The second kappa shape index (κ2) is 7.58. The molecule has 0 fully saturated rings. The topological polar surface area (TPSA) is 56.0 Å². The average Bonchev–Trinajstić information content (AvgIpc) is 2.56. The van der Waals surface area contributed by atoms with E-state index in [2.05, 4.69) is 30.4 Å². The van der Waals surface area contributed by atoms with E-state index in [1.165, 1.54) is 5.56 Å². The molecule has 0 saturated carbocycles. The third-order valence-corrected chi connectivity index (χ3v) is 3.59. The van der Waals surface area contributed by atoms with Gasteiger partial charge in [-0.15, -0.1) is 0 Å². The number of hydrogen-bond acceptors (Lipinski definition) is 3. The first kappa shape index (κ1) is 15.2. The van der Waals surface area contributed by atoms with Gasteiger partial charge in [0, 0.05) is 12.6 Å². The SMILES string of the molecule is CCC(NCC(O)c1ccc(C#N)cc1)c1ccccc1.